The van der Waals surface area contributed by atoms with Gasteiger partial charge in [-0.2, -0.15) is 0 Å². The van der Waals surface area contributed by atoms with Crippen LogP contribution in [0.25, 0.3) is 10.8 Å². The maximum Gasteiger partial charge on any atom is 0.344 e. The molecule has 0 aliphatic carbocycles. The van der Waals surface area contributed by atoms with Gasteiger partial charge < -0.3 is 9.84 Å². The van der Waals surface area contributed by atoms with Gasteiger partial charge >= 0.3 is 5.97 Å². The Hall–Kier alpha value is -1.65. The molecule has 3 aromatic carbocycles. The van der Waals surface area contributed by atoms with E-state index in [9.17, 15) is 9.90 Å². The molecule has 0 unspecified atom stereocenters. The first-order chi connectivity index (χ1) is 11.4. The average Bonchev–Trinajstić information content (AvgIpc) is 2.61. The van der Waals surface area contributed by atoms with Gasteiger partial charge in [0.2, 0.25) is 0 Å². The van der Waals surface area contributed by atoms with Gasteiger partial charge in [-0.25, -0.2) is 4.79 Å². The number of hydrogen-bond acceptors (Lipinski definition) is 3. The highest BCUT2D eigenvalue weighted by Crippen LogP contribution is 2.49. The maximum absolute atomic E-state index is 12.5. The molecule has 0 saturated heterocycles. The lowest BCUT2D eigenvalue weighted by Gasteiger charge is -2.13. The Labute approximate surface area is 157 Å². The van der Waals surface area contributed by atoms with Gasteiger partial charge in [0.1, 0.15) is 10.0 Å². The Balaban J connectivity index is 2.08. The first-order valence-electron chi connectivity index (χ1n) is 6.66. The summed E-state index contributed by atoms with van der Waals surface area (Å²) in [4.78, 5) is 12.5. The number of halogens is 4. The summed E-state index contributed by atoms with van der Waals surface area (Å²) >= 11 is 23.7. The first kappa shape index (κ1) is 17.2. The number of fused-ring (bicyclic) bond motifs is 1. The van der Waals surface area contributed by atoms with Crippen molar-refractivity contribution in [3.05, 3.63) is 68.1 Å². The zero-order valence-electron chi connectivity index (χ0n) is 11.8. The molecule has 0 aliphatic rings. The van der Waals surface area contributed by atoms with Gasteiger partial charge in [-0.05, 0) is 16.8 Å². The minimum Gasteiger partial charge on any atom is -0.503 e. The molecule has 7 heteroatoms. The highest BCUT2D eigenvalue weighted by atomic mass is 35.5. The molecule has 0 spiro atoms. The normalized spacial score (nSPS) is 10.8. The second kappa shape index (κ2) is 6.69. The highest BCUT2D eigenvalue weighted by Gasteiger charge is 2.24. The number of benzene rings is 3. The molecule has 0 amide bonds. The smallest absolute Gasteiger partial charge is 0.344 e. The van der Waals surface area contributed by atoms with Crippen LogP contribution >= 0.6 is 46.4 Å². The van der Waals surface area contributed by atoms with Gasteiger partial charge in [0.25, 0.3) is 0 Å². The van der Waals surface area contributed by atoms with Crippen LogP contribution in [0.5, 0.6) is 11.5 Å². The summed E-state index contributed by atoms with van der Waals surface area (Å²) in [6, 6.07) is 12.5. The van der Waals surface area contributed by atoms with Crippen molar-refractivity contribution in [2.24, 2.45) is 0 Å². The zero-order chi connectivity index (χ0) is 17.4. The number of phenolic OH excluding ortho intramolecular Hbond substituents is 1. The fourth-order valence-corrected chi connectivity index (χ4v) is 3.11. The van der Waals surface area contributed by atoms with Crippen molar-refractivity contribution >= 4 is 63.1 Å². The van der Waals surface area contributed by atoms with Crippen LogP contribution in [-0.2, 0) is 0 Å². The van der Waals surface area contributed by atoms with Crippen molar-refractivity contribution in [3.63, 3.8) is 0 Å². The third kappa shape index (κ3) is 2.89. The van der Waals surface area contributed by atoms with Gasteiger partial charge in [0.05, 0.1) is 15.6 Å². The van der Waals surface area contributed by atoms with E-state index in [-0.39, 0.29) is 25.8 Å². The van der Waals surface area contributed by atoms with Crippen molar-refractivity contribution in [2.75, 3.05) is 0 Å². The quantitative estimate of drug-likeness (QED) is 0.234. The van der Waals surface area contributed by atoms with Gasteiger partial charge in [-0.3, -0.25) is 0 Å². The average molecular weight is 402 g/mol. The van der Waals surface area contributed by atoms with Crippen LogP contribution in [0, 0.1) is 0 Å². The molecule has 3 rings (SSSR count). The molecule has 0 aliphatic heterocycles. The van der Waals surface area contributed by atoms with E-state index in [4.69, 9.17) is 51.1 Å². The van der Waals surface area contributed by atoms with Gasteiger partial charge in [0.15, 0.2) is 11.5 Å². The third-order valence-electron chi connectivity index (χ3n) is 3.40. The number of hydrogen-bond donors (Lipinski definition) is 1. The molecule has 0 atom stereocenters. The fourth-order valence-electron chi connectivity index (χ4n) is 2.24. The SMILES string of the molecule is O=C(Oc1c(O)c(Cl)c(Cl)c(Cl)c1Cl)c1cccc2ccccc12. The van der Waals surface area contributed by atoms with E-state index in [1.807, 2.05) is 18.2 Å². The van der Waals surface area contributed by atoms with Crippen LogP contribution in [0.1, 0.15) is 10.4 Å². The van der Waals surface area contributed by atoms with E-state index in [2.05, 4.69) is 0 Å². The van der Waals surface area contributed by atoms with Crippen molar-refractivity contribution < 1.29 is 14.6 Å². The zero-order valence-corrected chi connectivity index (χ0v) is 14.8. The summed E-state index contributed by atoms with van der Waals surface area (Å²) in [5, 5.41) is 11.0. The van der Waals surface area contributed by atoms with Crippen LogP contribution in [0.4, 0.5) is 0 Å². The monoisotopic (exact) mass is 400 g/mol. The molecule has 0 heterocycles. The van der Waals surface area contributed by atoms with E-state index in [1.165, 1.54) is 0 Å². The van der Waals surface area contributed by atoms with E-state index in [0.29, 0.717) is 10.9 Å². The molecule has 0 fully saturated rings. The van der Waals surface area contributed by atoms with Crippen LogP contribution in [0.2, 0.25) is 20.1 Å². The molecular weight excluding hydrogens is 394 g/mol. The standard InChI is InChI=1S/C17H8Cl4O3/c18-11-12(19)14(21)16(15(22)13(11)20)24-17(23)10-7-3-5-8-4-1-2-6-9(8)10/h1-7,22H. The summed E-state index contributed by atoms with van der Waals surface area (Å²) < 4.78 is 5.24. The Morgan fingerprint density at radius 2 is 1.46 bits per heavy atom. The summed E-state index contributed by atoms with van der Waals surface area (Å²) in [5.41, 5.74) is 0.311. The van der Waals surface area contributed by atoms with Crippen LogP contribution < -0.4 is 4.74 Å². The van der Waals surface area contributed by atoms with Gasteiger partial charge in [-0.1, -0.05) is 82.8 Å². The number of aromatic hydroxyl groups is 1. The topological polar surface area (TPSA) is 46.5 Å². The fraction of sp³-hybridized carbons (Fsp3) is 0. The molecule has 3 nitrogen and oxygen atoms in total. The summed E-state index contributed by atoms with van der Waals surface area (Å²) in [6.07, 6.45) is 0. The van der Waals surface area contributed by atoms with Gasteiger partial charge in [0, 0.05) is 0 Å². The minimum atomic E-state index is -0.710. The molecule has 0 saturated carbocycles. The van der Waals surface area contributed by atoms with Crippen molar-refractivity contribution in [3.8, 4) is 11.5 Å². The molecule has 0 aromatic heterocycles. The lowest BCUT2D eigenvalue weighted by molar-refractivity contribution is 0.0732. The summed E-state index contributed by atoms with van der Waals surface area (Å²) in [6.45, 7) is 0. The van der Waals surface area contributed by atoms with E-state index in [1.54, 1.807) is 24.3 Å². The Bertz CT molecular complexity index is 935. The second-order valence-electron chi connectivity index (χ2n) is 4.85. The molecule has 1 N–H and O–H groups in total. The minimum absolute atomic E-state index is 0.109. The first-order valence-corrected chi connectivity index (χ1v) is 8.18. The van der Waals surface area contributed by atoms with E-state index >= 15 is 0 Å². The second-order valence-corrected chi connectivity index (χ2v) is 6.36. The van der Waals surface area contributed by atoms with E-state index in [0.717, 1.165) is 5.39 Å². The van der Waals surface area contributed by atoms with Crippen molar-refractivity contribution in [2.45, 2.75) is 0 Å². The lowest BCUT2D eigenvalue weighted by Crippen LogP contribution is -2.10. The predicted molar refractivity (Wildman–Crippen MR) is 97.1 cm³/mol. The molecule has 0 bridgehead atoms. The number of phenols is 1. The van der Waals surface area contributed by atoms with Crippen molar-refractivity contribution in [1.82, 2.24) is 0 Å². The Morgan fingerprint density at radius 1 is 0.833 bits per heavy atom. The molecule has 3 aromatic rings. The number of esters is 1. The van der Waals surface area contributed by atoms with Crippen LogP contribution in [-0.4, -0.2) is 11.1 Å². The maximum atomic E-state index is 12.5. The van der Waals surface area contributed by atoms with E-state index < -0.39 is 11.7 Å². The van der Waals surface area contributed by atoms with Crippen LogP contribution in [0.3, 0.4) is 0 Å². The summed E-state index contributed by atoms with van der Waals surface area (Å²) in [7, 11) is 0. The lowest BCUT2D eigenvalue weighted by atomic mass is 10.0. The third-order valence-corrected chi connectivity index (χ3v) is 5.18. The Morgan fingerprint density at radius 3 is 2.21 bits per heavy atom. The number of rotatable bonds is 2. The van der Waals surface area contributed by atoms with Crippen LogP contribution in [0.15, 0.2) is 42.5 Å². The Kier molecular flexibility index (Phi) is 4.79. The summed E-state index contributed by atoms with van der Waals surface area (Å²) in [5.74, 6) is -1.60. The number of carbonyl (C=O) groups excluding carboxylic acids is 1. The molecule has 122 valence electrons. The highest BCUT2D eigenvalue weighted by molar-refractivity contribution is 6.53. The molecular formula is C17H8Cl4O3. The molecule has 0 radical (unpaired) electrons. The molecule has 24 heavy (non-hydrogen) atoms. The van der Waals surface area contributed by atoms with Crippen molar-refractivity contribution in [1.29, 1.82) is 0 Å². The largest absolute Gasteiger partial charge is 0.503 e. The number of carbonyl (C=O) groups is 1. The predicted octanol–water partition coefficient (Wildman–Crippen LogP) is 6.38. The number of ether oxygens (including phenoxy) is 1. The van der Waals surface area contributed by atoms with Gasteiger partial charge in [-0.15, -0.1) is 0 Å².